The summed E-state index contributed by atoms with van der Waals surface area (Å²) in [4.78, 5) is 11.6. The van der Waals surface area contributed by atoms with Crippen LogP contribution in [0.15, 0.2) is 30.1 Å². The van der Waals surface area contributed by atoms with Crippen LogP contribution < -0.4 is 0 Å². The monoisotopic (exact) mass is 205 g/mol. The predicted octanol–water partition coefficient (Wildman–Crippen LogP) is 3.44. The molecule has 0 aliphatic carbocycles. The number of hydrogen-bond donors (Lipinski definition) is 0. The zero-order chi connectivity index (χ0) is 11.3. The van der Waals surface area contributed by atoms with Crippen molar-refractivity contribution in [2.75, 3.05) is 0 Å². The summed E-state index contributed by atoms with van der Waals surface area (Å²) in [5.41, 5.74) is 2.13. The van der Waals surface area contributed by atoms with Gasteiger partial charge in [-0.1, -0.05) is 18.6 Å². The molecule has 0 radical (unpaired) electrons. The number of ketones is 1. The number of rotatable bonds is 5. The number of carbonyl (C=O) groups is 1. The van der Waals surface area contributed by atoms with Gasteiger partial charge in [-0.3, -0.25) is 4.79 Å². The number of allylic oxidation sites excluding steroid dienone is 2. The Kier molecular flexibility index (Phi) is 4.35. The molecule has 1 rings (SSSR count). The number of hydrogen-bond acceptors (Lipinski definition) is 1. The van der Waals surface area contributed by atoms with E-state index < -0.39 is 0 Å². The molecule has 2 nitrogen and oxygen atoms in total. The predicted molar refractivity (Wildman–Crippen MR) is 63.1 cm³/mol. The van der Waals surface area contributed by atoms with Crippen LogP contribution in [0.25, 0.3) is 0 Å². The molecule has 1 aromatic rings. The standard InChI is InChI=1S/C13H19NO/c1-4-5-13(15)12-7-9-14(10-12)8-6-11(2)3/h6-7,9-10H,4-5,8H2,1-3H3. The summed E-state index contributed by atoms with van der Waals surface area (Å²) < 4.78 is 2.04. The molecule has 0 aliphatic heterocycles. The third kappa shape index (κ3) is 3.74. The first kappa shape index (κ1) is 11.8. The summed E-state index contributed by atoms with van der Waals surface area (Å²) in [7, 11) is 0. The van der Waals surface area contributed by atoms with E-state index in [0.717, 1.165) is 18.5 Å². The van der Waals surface area contributed by atoms with Gasteiger partial charge in [-0.25, -0.2) is 0 Å². The van der Waals surface area contributed by atoms with Crippen molar-refractivity contribution in [3.63, 3.8) is 0 Å². The van der Waals surface area contributed by atoms with Crippen molar-refractivity contribution in [3.8, 4) is 0 Å². The van der Waals surface area contributed by atoms with Crippen LogP contribution in [0.5, 0.6) is 0 Å². The number of aromatic nitrogens is 1. The van der Waals surface area contributed by atoms with Crippen LogP contribution in [-0.4, -0.2) is 10.4 Å². The van der Waals surface area contributed by atoms with Gasteiger partial charge in [0, 0.05) is 30.9 Å². The quantitative estimate of drug-likeness (QED) is 0.533. The van der Waals surface area contributed by atoms with E-state index in [9.17, 15) is 4.79 Å². The average Bonchev–Trinajstić information content (AvgIpc) is 2.63. The minimum atomic E-state index is 0.244. The van der Waals surface area contributed by atoms with Crippen LogP contribution in [0.3, 0.4) is 0 Å². The normalized spacial score (nSPS) is 10.1. The Hall–Kier alpha value is -1.31. The molecular weight excluding hydrogens is 186 g/mol. The molecule has 0 amide bonds. The number of carbonyl (C=O) groups excluding carboxylic acids is 1. The third-order valence-corrected chi connectivity index (χ3v) is 2.26. The SMILES string of the molecule is CCCC(=O)c1ccn(CC=C(C)C)c1. The molecule has 0 saturated heterocycles. The summed E-state index contributed by atoms with van der Waals surface area (Å²) in [6, 6.07) is 1.90. The van der Waals surface area contributed by atoms with Crippen molar-refractivity contribution >= 4 is 5.78 Å². The van der Waals surface area contributed by atoms with Gasteiger partial charge in [-0.05, 0) is 26.3 Å². The third-order valence-electron chi connectivity index (χ3n) is 2.26. The van der Waals surface area contributed by atoms with E-state index in [0.29, 0.717) is 6.42 Å². The molecule has 0 atom stereocenters. The van der Waals surface area contributed by atoms with Gasteiger partial charge in [0.15, 0.2) is 5.78 Å². The van der Waals surface area contributed by atoms with E-state index in [-0.39, 0.29) is 5.78 Å². The van der Waals surface area contributed by atoms with Gasteiger partial charge in [-0.15, -0.1) is 0 Å². The molecule has 1 heterocycles. The van der Waals surface area contributed by atoms with Gasteiger partial charge in [0.05, 0.1) is 0 Å². The maximum Gasteiger partial charge on any atom is 0.164 e. The van der Waals surface area contributed by atoms with Crippen LogP contribution in [0.1, 0.15) is 44.0 Å². The van der Waals surface area contributed by atoms with E-state index in [1.54, 1.807) is 0 Å². The second kappa shape index (κ2) is 5.54. The summed E-state index contributed by atoms with van der Waals surface area (Å²) in [5, 5.41) is 0. The molecule has 0 fully saturated rings. The van der Waals surface area contributed by atoms with Crippen LogP contribution >= 0.6 is 0 Å². The molecule has 15 heavy (non-hydrogen) atoms. The Balaban J connectivity index is 2.64. The van der Waals surface area contributed by atoms with Crippen LogP contribution in [0.4, 0.5) is 0 Å². The van der Waals surface area contributed by atoms with Crippen molar-refractivity contribution < 1.29 is 4.79 Å². The molecule has 0 aromatic carbocycles. The smallest absolute Gasteiger partial charge is 0.164 e. The fourth-order valence-electron chi connectivity index (χ4n) is 1.38. The minimum Gasteiger partial charge on any atom is -0.350 e. The van der Waals surface area contributed by atoms with Gasteiger partial charge >= 0.3 is 0 Å². The first-order valence-electron chi connectivity index (χ1n) is 5.46. The van der Waals surface area contributed by atoms with E-state index in [2.05, 4.69) is 19.9 Å². The van der Waals surface area contributed by atoms with Crippen LogP contribution in [0.2, 0.25) is 0 Å². The molecule has 0 spiro atoms. The lowest BCUT2D eigenvalue weighted by Crippen LogP contribution is -1.97. The topological polar surface area (TPSA) is 22.0 Å². The molecular formula is C13H19NO. The fourth-order valence-corrected chi connectivity index (χ4v) is 1.38. The first-order chi connectivity index (χ1) is 7.13. The zero-order valence-corrected chi connectivity index (χ0v) is 9.79. The van der Waals surface area contributed by atoms with Crippen molar-refractivity contribution in [2.24, 2.45) is 0 Å². The molecule has 0 N–H and O–H groups in total. The van der Waals surface area contributed by atoms with Gasteiger partial charge in [0.1, 0.15) is 0 Å². The molecule has 0 bridgehead atoms. The first-order valence-corrected chi connectivity index (χ1v) is 5.46. The van der Waals surface area contributed by atoms with Crippen molar-refractivity contribution in [2.45, 2.75) is 40.2 Å². The highest BCUT2D eigenvalue weighted by Crippen LogP contribution is 2.07. The maximum absolute atomic E-state index is 11.6. The molecule has 1 aromatic heterocycles. The second-order valence-corrected chi connectivity index (χ2v) is 4.05. The Morgan fingerprint density at radius 2 is 2.20 bits per heavy atom. The highest BCUT2D eigenvalue weighted by molar-refractivity contribution is 5.95. The van der Waals surface area contributed by atoms with Crippen LogP contribution in [0, 0.1) is 0 Å². The Morgan fingerprint density at radius 1 is 1.47 bits per heavy atom. The molecule has 0 aliphatic rings. The molecule has 82 valence electrons. The molecule has 2 heteroatoms. The van der Waals surface area contributed by atoms with Gasteiger partial charge in [-0.2, -0.15) is 0 Å². The van der Waals surface area contributed by atoms with Gasteiger partial charge in [0.2, 0.25) is 0 Å². The van der Waals surface area contributed by atoms with E-state index in [1.807, 2.05) is 30.0 Å². The lowest BCUT2D eigenvalue weighted by atomic mass is 10.1. The van der Waals surface area contributed by atoms with Crippen molar-refractivity contribution in [1.82, 2.24) is 4.57 Å². The van der Waals surface area contributed by atoms with Crippen molar-refractivity contribution in [3.05, 3.63) is 35.7 Å². The Labute approximate surface area is 91.6 Å². The Morgan fingerprint density at radius 3 is 2.80 bits per heavy atom. The average molecular weight is 205 g/mol. The number of nitrogens with zero attached hydrogens (tertiary/aromatic N) is 1. The van der Waals surface area contributed by atoms with Gasteiger partial charge < -0.3 is 4.57 Å². The van der Waals surface area contributed by atoms with E-state index in [1.165, 1.54) is 5.57 Å². The highest BCUT2D eigenvalue weighted by atomic mass is 16.1. The molecule has 0 saturated carbocycles. The van der Waals surface area contributed by atoms with Gasteiger partial charge in [0.25, 0.3) is 0 Å². The van der Waals surface area contributed by atoms with E-state index in [4.69, 9.17) is 0 Å². The summed E-state index contributed by atoms with van der Waals surface area (Å²) >= 11 is 0. The minimum absolute atomic E-state index is 0.244. The lowest BCUT2D eigenvalue weighted by molar-refractivity contribution is 0.0981. The largest absolute Gasteiger partial charge is 0.350 e. The highest BCUT2D eigenvalue weighted by Gasteiger charge is 2.05. The second-order valence-electron chi connectivity index (χ2n) is 4.05. The van der Waals surface area contributed by atoms with E-state index >= 15 is 0 Å². The summed E-state index contributed by atoms with van der Waals surface area (Å²) in [6.45, 7) is 7.03. The summed E-state index contributed by atoms with van der Waals surface area (Å²) in [6.07, 6.45) is 7.60. The maximum atomic E-state index is 11.6. The van der Waals surface area contributed by atoms with Crippen LogP contribution in [-0.2, 0) is 6.54 Å². The number of Topliss-reactive ketones (excluding diaryl/α,β-unsaturated/α-hetero) is 1. The Bertz CT molecular complexity index is 356. The fraction of sp³-hybridized carbons (Fsp3) is 0.462. The summed E-state index contributed by atoms with van der Waals surface area (Å²) in [5.74, 6) is 0.244. The van der Waals surface area contributed by atoms with Crippen molar-refractivity contribution in [1.29, 1.82) is 0 Å². The molecule has 0 unspecified atom stereocenters. The zero-order valence-electron chi connectivity index (χ0n) is 9.79. The lowest BCUT2D eigenvalue weighted by Gasteiger charge is -1.97.